The lowest BCUT2D eigenvalue weighted by Crippen LogP contribution is -2.37. The largest absolute Gasteiger partial charge is 0.349 e. The summed E-state index contributed by atoms with van der Waals surface area (Å²) in [6, 6.07) is 2.04. The molecule has 1 amide bonds. The number of aryl methyl sites for hydroxylation is 2. The average molecular weight is 260 g/mol. The molecule has 1 rings (SSSR count). The number of carbonyl (C=O) groups is 1. The van der Waals surface area contributed by atoms with Gasteiger partial charge < -0.3 is 5.32 Å². The van der Waals surface area contributed by atoms with Gasteiger partial charge in [0.25, 0.3) is 5.91 Å². The van der Waals surface area contributed by atoms with E-state index in [9.17, 15) is 4.79 Å². The first-order valence-electron chi connectivity index (χ1n) is 5.39. The standard InChI is InChI=1S/C12H18ClNOS/c1-7-5-11(16-10(7)4)12(15)14-9(3)8(2)6-13/h5,8-9H,6H2,1-4H3,(H,14,15). The van der Waals surface area contributed by atoms with Crippen LogP contribution in [-0.4, -0.2) is 17.8 Å². The van der Waals surface area contributed by atoms with E-state index >= 15 is 0 Å². The summed E-state index contributed by atoms with van der Waals surface area (Å²) < 4.78 is 0. The first-order chi connectivity index (χ1) is 7.45. The molecule has 0 bridgehead atoms. The van der Waals surface area contributed by atoms with Gasteiger partial charge in [-0.2, -0.15) is 0 Å². The monoisotopic (exact) mass is 259 g/mol. The molecule has 0 aliphatic carbocycles. The van der Waals surface area contributed by atoms with Gasteiger partial charge in [0.1, 0.15) is 0 Å². The van der Waals surface area contributed by atoms with E-state index in [1.807, 2.05) is 33.8 Å². The molecule has 16 heavy (non-hydrogen) atoms. The Hall–Kier alpha value is -0.540. The number of alkyl halides is 1. The summed E-state index contributed by atoms with van der Waals surface area (Å²) in [4.78, 5) is 13.9. The van der Waals surface area contributed by atoms with Crippen molar-refractivity contribution in [3.05, 3.63) is 21.4 Å². The summed E-state index contributed by atoms with van der Waals surface area (Å²) in [6.45, 7) is 8.07. The third kappa shape index (κ3) is 3.22. The zero-order valence-corrected chi connectivity index (χ0v) is 11.7. The summed E-state index contributed by atoms with van der Waals surface area (Å²) in [5.41, 5.74) is 1.17. The Morgan fingerprint density at radius 3 is 2.56 bits per heavy atom. The SMILES string of the molecule is Cc1cc(C(=O)NC(C)C(C)CCl)sc1C. The van der Waals surface area contributed by atoms with E-state index in [1.54, 1.807) is 0 Å². The highest BCUT2D eigenvalue weighted by molar-refractivity contribution is 7.14. The Labute approximate surface area is 106 Å². The Balaban J connectivity index is 2.65. The first-order valence-corrected chi connectivity index (χ1v) is 6.74. The molecule has 0 radical (unpaired) electrons. The molecule has 0 aromatic carbocycles. The number of halogens is 1. The van der Waals surface area contributed by atoms with Crippen LogP contribution in [0.2, 0.25) is 0 Å². The lowest BCUT2D eigenvalue weighted by Gasteiger charge is -2.18. The van der Waals surface area contributed by atoms with E-state index in [2.05, 4.69) is 5.32 Å². The molecule has 1 aromatic rings. The minimum Gasteiger partial charge on any atom is -0.349 e. The molecule has 2 atom stereocenters. The van der Waals surface area contributed by atoms with E-state index in [1.165, 1.54) is 21.8 Å². The molecule has 4 heteroatoms. The van der Waals surface area contributed by atoms with Gasteiger partial charge in [-0.05, 0) is 38.3 Å². The van der Waals surface area contributed by atoms with E-state index in [0.29, 0.717) is 5.88 Å². The summed E-state index contributed by atoms with van der Waals surface area (Å²) in [5.74, 6) is 0.850. The number of hydrogen-bond donors (Lipinski definition) is 1. The van der Waals surface area contributed by atoms with Crippen molar-refractivity contribution in [2.75, 3.05) is 5.88 Å². The molecule has 0 spiro atoms. The Morgan fingerprint density at radius 2 is 2.12 bits per heavy atom. The lowest BCUT2D eigenvalue weighted by atomic mass is 10.1. The molecule has 2 unspecified atom stereocenters. The maximum Gasteiger partial charge on any atom is 0.261 e. The quantitative estimate of drug-likeness (QED) is 0.826. The van der Waals surface area contributed by atoms with Crippen molar-refractivity contribution < 1.29 is 4.79 Å². The molecule has 0 aliphatic rings. The zero-order valence-electron chi connectivity index (χ0n) is 10.1. The number of thiophene rings is 1. The second-order valence-corrected chi connectivity index (χ2v) is 5.81. The van der Waals surface area contributed by atoms with Crippen LogP contribution in [0.5, 0.6) is 0 Å². The maximum atomic E-state index is 11.9. The van der Waals surface area contributed by atoms with Gasteiger partial charge in [0, 0.05) is 16.8 Å². The van der Waals surface area contributed by atoms with Crippen molar-refractivity contribution >= 4 is 28.8 Å². The molecule has 2 nitrogen and oxygen atoms in total. The lowest BCUT2D eigenvalue weighted by molar-refractivity contribution is 0.0935. The smallest absolute Gasteiger partial charge is 0.261 e. The summed E-state index contributed by atoms with van der Waals surface area (Å²) >= 11 is 7.30. The van der Waals surface area contributed by atoms with Crippen LogP contribution in [0.3, 0.4) is 0 Å². The molecule has 1 N–H and O–H groups in total. The van der Waals surface area contributed by atoms with Gasteiger partial charge in [-0.25, -0.2) is 0 Å². The van der Waals surface area contributed by atoms with Crippen molar-refractivity contribution in [1.29, 1.82) is 0 Å². The van der Waals surface area contributed by atoms with Crippen LogP contribution in [-0.2, 0) is 0 Å². The molecule has 90 valence electrons. The van der Waals surface area contributed by atoms with Crippen molar-refractivity contribution in [3.63, 3.8) is 0 Å². The second kappa shape index (κ2) is 5.69. The molecular formula is C12H18ClNOS. The molecule has 1 aromatic heterocycles. The number of amides is 1. The second-order valence-electron chi connectivity index (χ2n) is 4.24. The molecule has 1 heterocycles. The van der Waals surface area contributed by atoms with Crippen LogP contribution in [0.4, 0.5) is 0 Å². The summed E-state index contributed by atoms with van der Waals surface area (Å²) in [7, 11) is 0. The van der Waals surface area contributed by atoms with Crippen molar-refractivity contribution in [2.24, 2.45) is 5.92 Å². The van der Waals surface area contributed by atoms with E-state index < -0.39 is 0 Å². The Bertz CT molecular complexity index is 356. The summed E-state index contributed by atoms with van der Waals surface area (Å²) in [5, 5.41) is 2.97. The predicted molar refractivity (Wildman–Crippen MR) is 70.6 cm³/mol. The van der Waals surface area contributed by atoms with E-state index in [0.717, 1.165) is 4.88 Å². The minimum absolute atomic E-state index is 0.00525. The topological polar surface area (TPSA) is 29.1 Å². The number of carbonyl (C=O) groups excluding carboxylic acids is 1. The number of rotatable bonds is 4. The van der Waals surface area contributed by atoms with E-state index in [-0.39, 0.29) is 17.9 Å². The molecule has 0 saturated carbocycles. The van der Waals surface area contributed by atoms with Gasteiger partial charge in [-0.1, -0.05) is 6.92 Å². The van der Waals surface area contributed by atoms with Crippen LogP contribution in [0, 0.1) is 19.8 Å². The van der Waals surface area contributed by atoms with Gasteiger partial charge in [0.05, 0.1) is 4.88 Å². The van der Waals surface area contributed by atoms with Crippen molar-refractivity contribution in [2.45, 2.75) is 33.7 Å². The van der Waals surface area contributed by atoms with Gasteiger partial charge in [0.15, 0.2) is 0 Å². The van der Waals surface area contributed by atoms with Gasteiger partial charge in [-0.15, -0.1) is 22.9 Å². The van der Waals surface area contributed by atoms with Crippen LogP contribution >= 0.6 is 22.9 Å². The number of hydrogen-bond acceptors (Lipinski definition) is 2. The highest BCUT2D eigenvalue weighted by Crippen LogP contribution is 2.20. The Kier molecular flexibility index (Phi) is 4.81. The average Bonchev–Trinajstić information content (AvgIpc) is 2.58. The van der Waals surface area contributed by atoms with Gasteiger partial charge in [-0.3, -0.25) is 4.79 Å². The molecule has 0 saturated heterocycles. The van der Waals surface area contributed by atoms with Crippen LogP contribution in [0.1, 0.15) is 34.0 Å². The Morgan fingerprint density at radius 1 is 1.50 bits per heavy atom. The van der Waals surface area contributed by atoms with Gasteiger partial charge >= 0.3 is 0 Å². The first kappa shape index (κ1) is 13.5. The molecule has 0 aliphatic heterocycles. The fraction of sp³-hybridized carbons (Fsp3) is 0.583. The van der Waals surface area contributed by atoms with Gasteiger partial charge in [0.2, 0.25) is 0 Å². The van der Waals surface area contributed by atoms with E-state index in [4.69, 9.17) is 11.6 Å². The van der Waals surface area contributed by atoms with Crippen LogP contribution < -0.4 is 5.32 Å². The zero-order chi connectivity index (χ0) is 12.3. The fourth-order valence-electron chi connectivity index (χ4n) is 1.24. The maximum absolute atomic E-state index is 11.9. The minimum atomic E-state index is 0.00525. The normalized spacial score (nSPS) is 14.6. The fourth-order valence-corrected chi connectivity index (χ4v) is 2.44. The molecular weight excluding hydrogens is 242 g/mol. The highest BCUT2D eigenvalue weighted by atomic mass is 35.5. The third-order valence-corrected chi connectivity index (χ3v) is 4.48. The predicted octanol–water partition coefficient (Wildman–Crippen LogP) is 3.36. The van der Waals surface area contributed by atoms with Crippen LogP contribution in [0.15, 0.2) is 6.07 Å². The highest BCUT2D eigenvalue weighted by Gasteiger charge is 2.16. The molecule has 0 fully saturated rings. The van der Waals surface area contributed by atoms with Crippen molar-refractivity contribution in [3.8, 4) is 0 Å². The number of nitrogens with one attached hydrogen (secondary N) is 1. The third-order valence-electron chi connectivity index (χ3n) is 2.85. The van der Waals surface area contributed by atoms with Crippen molar-refractivity contribution in [1.82, 2.24) is 5.32 Å². The summed E-state index contributed by atoms with van der Waals surface area (Å²) in [6.07, 6.45) is 0. The van der Waals surface area contributed by atoms with Crippen LogP contribution in [0.25, 0.3) is 0 Å².